The summed E-state index contributed by atoms with van der Waals surface area (Å²) >= 11 is 0. The zero-order chi connectivity index (χ0) is 17.8. The van der Waals surface area contributed by atoms with Gasteiger partial charge in [0.05, 0.1) is 11.3 Å². The lowest BCUT2D eigenvalue weighted by Crippen LogP contribution is -2.45. The lowest BCUT2D eigenvalue weighted by Gasteiger charge is -2.44. The summed E-state index contributed by atoms with van der Waals surface area (Å²) in [6.07, 6.45) is 3.31. The Hall–Kier alpha value is -2.42. The molecule has 0 N–H and O–H groups in total. The van der Waals surface area contributed by atoms with Crippen LogP contribution in [0.2, 0.25) is 0 Å². The maximum absolute atomic E-state index is 12.5. The number of hydrogen-bond acceptors (Lipinski definition) is 4. The maximum atomic E-state index is 12.5. The highest BCUT2D eigenvalue weighted by atomic mass is 16.2. The van der Waals surface area contributed by atoms with Gasteiger partial charge in [-0.15, -0.1) is 0 Å². The molecule has 0 bridgehead atoms. The number of hydrogen-bond donors (Lipinski definition) is 0. The molecule has 0 saturated heterocycles. The number of aromatic nitrogens is 2. The Bertz CT molecular complexity index is 812. The number of aryl methyl sites for hydroxylation is 1. The molecule has 0 fully saturated rings. The van der Waals surface area contributed by atoms with Crippen molar-refractivity contribution in [2.75, 3.05) is 14.1 Å². The fourth-order valence-electron chi connectivity index (χ4n) is 4.32. The van der Waals surface area contributed by atoms with E-state index in [1.54, 1.807) is 36.8 Å². The standard InChI is InChI=1S/C18H22N4O2/c1-10-13-7-6-12-14(17(24)21(3)4)22(5)20-16(12)18(13,2)8-11(9-19)15(10)23/h8,10,13H,6-7H2,1-5H3. The number of carbonyl (C=O) groups is 2. The van der Waals surface area contributed by atoms with Crippen LogP contribution in [-0.4, -0.2) is 40.5 Å². The number of rotatable bonds is 1. The van der Waals surface area contributed by atoms with E-state index in [0.29, 0.717) is 5.69 Å². The molecule has 1 amide bonds. The molecule has 3 atom stereocenters. The molecule has 24 heavy (non-hydrogen) atoms. The largest absolute Gasteiger partial charge is 0.343 e. The molecule has 0 spiro atoms. The summed E-state index contributed by atoms with van der Waals surface area (Å²) in [4.78, 5) is 26.5. The van der Waals surface area contributed by atoms with Crippen LogP contribution in [0, 0.1) is 23.2 Å². The number of allylic oxidation sites excluding steroid dienone is 2. The lowest BCUT2D eigenvalue weighted by atomic mass is 9.58. The van der Waals surface area contributed by atoms with Gasteiger partial charge in [-0.3, -0.25) is 14.3 Å². The average Bonchev–Trinajstić information content (AvgIpc) is 2.87. The van der Waals surface area contributed by atoms with Gasteiger partial charge in [0.2, 0.25) is 0 Å². The van der Waals surface area contributed by atoms with E-state index in [9.17, 15) is 14.9 Å². The van der Waals surface area contributed by atoms with Gasteiger partial charge >= 0.3 is 0 Å². The van der Waals surface area contributed by atoms with E-state index in [-0.39, 0.29) is 29.1 Å². The third kappa shape index (κ3) is 2.04. The van der Waals surface area contributed by atoms with E-state index in [2.05, 4.69) is 5.10 Å². The smallest absolute Gasteiger partial charge is 0.271 e. The molecule has 2 aliphatic rings. The second-order valence-corrected chi connectivity index (χ2v) is 7.25. The Labute approximate surface area is 141 Å². The molecule has 6 nitrogen and oxygen atoms in total. The summed E-state index contributed by atoms with van der Waals surface area (Å²) in [6, 6.07) is 2.04. The molecule has 0 aliphatic heterocycles. The molecule has 3 rings (SSSR count). The van der Waals surface area contributed by atoms with Crippen molar-refractivity contribution in [3.05, 3.63) is 28.6 Å². The monoisotopic (exact) mass is 326 g/mol. The van der Waals surface area contributed by atoms with Crippen LogP contribution in [0.1, 0.15) is 42.0 Å². The molecule has 1 aromatic rings. The van der Waals surface area contributed by atoms with Gasteiger partial charge in [-0.25, -0.2) is 0 Å². The minimum Gasteiger partial charge on any atom is -0.343 e. The highest BCUT2D eigenvalue weighted by molar-refractivity contribution is 6.02. The number of fused-ring (bicyclic) bond motifs is 3. The van der Waals surface area contributed by atoms with Gasteiger partial charge in [0.15, 0.2) is 5.78 Å². The van der Waals surface area contributed by atoms with Crippen molar-refractivity contribution < 1.29 is 9.59 Å². The molecular weight excluding hydrogens is 304 g/mol. The Balaban J connectivity index is 2.23. The Morgan fingerprint density at radius 1 is 1.50 bits per heavy atom. The predicted molar refractivity (Wildman–Crippen MR) is 88.3 cm³/mol. The molecule has 0 aromatic carbocycles. The predicted octanol–water partition coefficient (Wildman–Crippen LogP) is 1.61. The second-order valence-electron chi connectivity index (χ2n) is 7.25. The van der Waals surface area contributed by atoms with Gasteiger partial charge in [0.1, 0.15) is 11.8 Å². The first-order chi connectivity index (χ1) is 11.2. The highest BCUT2D eigenvalue weighted by Crippen LogP contribution is 2.49. The topological polar surface area (TPSA) is 79.0 Å². The van der Waals surface area contributed by atoms with Gasteiger partial charge in [0, 0.05) is 38.0 Å². The molecule has 6 heteroatoms. The molecule has 126 valence electrons. The van der Waals surface area contributed by atoms with Gasteiger partial charge < -0.3 is 4.90 Å². The van der Waals surface area contributed by atoms with Crippen molar-refractivity contribution in [3.8, 4) is 6.07 Å². The minimum atomic E-state index is -0.491. The third-order valence-corrected chi connectivity index (χ3v) is 5.59. The van der Waals surface area contributed by atoms with Crippen molar-refractivity contribution in [1.82, 2.24) is 14.7 Å². The normalized spacial score (nSPS) is 28.5. The summed E-state index contributed by atoms with van der Waals surface area (Å²) < 4.78 is 1.64. The van der Waals surface area contributed by atoms with Crippen LogP contribution in [0.15, 0.2) is 11.6 Å². The van der Waals surface area contributed by atoms with E-state index in [4.69, 9.17) is 0 Å². The first-order valence-electron chi connectivity index (χ1n) is 8.17. The van der Waals surface area contributed by atoms with Crippen LogP contribution in [0.3, 0.4) is 0 Å². The Morgan fingerprint density at radius 3 is 2.75 bits per heavy atom. The summed E-state index contributed by atoms with van der Waals surface area (Å²) in [5.41, 5.74) is 2.10. The van der Waals surface area contributed by atoms with Crippen LogP contribution >= 0.6 is 0 Å². The molecule has 0 radical (unpaired) electrons. The fraction of sp³-hybridized carbons (Fsp3) is 0.556. The Kier molecular flexibility index (Phi) is 3.63. The Morgan fingerprint density at radius 2 is 2.17 bits per heavy atom. The van der Waals surface area contributed by atoms with Crippen LogP contribution in [0.5, 0.6) is 0 Å². The number of carbonyl (C=O) groups excluding carboxylic acids is 2. The molecule has 2 aliphatic carbocycles. The molecular formula is C18H22N4O2. The van der Waals surface area contributed by atoms with E-state index >= 15 is 0 Å². The first-order valence-corrected chi connectivity index (χ1v) is 8.17. The van der Waals surface area contributed by atoms with E-state index in [1.807, 2.05) is 19.9 Å². The number of amides is 1. The molecule has 1 heterocycles. The van der Waals surface area contributed by atoms with Crippen LogP contribution in [0.25, 0.3) is 0 Å². The first kappa shape index (κ1) is 16.4. The summed E-state index contributed by atoms with van der Waals surface area (Å²) in [7, 11) is 5.23. The van der Waals surface area contributed by atoms with Crippen LogP contribution in [-0.2, 0) is 23.7 Å². The average molecular weight is 326 g/mol. The zero-order valence-electron chi connectivity index (χ0n) is 14.8. The molecule has 1 aromatic heterocycles. The maximum Gasteiger partial charge on any atom is 0.271 e. The van der Waals surface area contributed by atoms with Crippen molar-refractivity contribution in [2.24, 2.45) is 18.9 Å². The number of Topliss-reactive ketones (excluding diaryl/α,β-unsaturated/α-hetero) is 1. The summed E-state index contributed by atoms with van der Waals surface area (Å²) in [5, 5.41) is 14.0. The van der Waals surface area contributed by atoms with Crippen molar-refractivity contribution in [3.63, 3.8) is 0 Å². The van der Waals surface area contributed by atoms with Gasteiger partial charge in [-0.2, -0.15) is 10.4 Å². The molecule has 0 saturated carbocycles. The van der Waals surface area contributed by atoms with Gasteiger partial charge in [-0.1, -0.05) is 19.9 Å². The van der Waals surface area contributed by atoms with Crippen LogP contribution in [0.4, 0.5) is 0 Å². The van der Waals surface area contributed by atoms with Crippen molar-refractivity contribution in [1.29, 1.82) is 5.26 Å². The SMILES string of the molecule is CC1C(=O)C(C#N)=CC2(C)c3nn(C)c(C(=O)N(C)C)c3CCC12. The lowest BCUT2D eigenvalue weighted by molar-refractivity contribution is -0.121. The highest BCUT2D eigenvalue weighted by Gasteiger charge is 2.50. The van der Waals surface area contributed by atoms with Crippen LogP contribution < -0.4 is 0 Å². The molecule has 3 unspecified atom stereocenters. The van der Waals surface area contributed by atoms with Gasteiger partial charge in [0.25, 0.3) is 5.91 Å². The van der Waals surface area contributed by atoms with E-state index in [1.165, 1.54) is 0 Å². The van der Waals surface area contributed by atoms with Gasteiger partial charge in [-0.05, 0) is 18.8 Å². The zero-order valence-corrected chi connectivity index (χ0v) is 14.8. The fourth-order valence-corrected chi connectivity index (χ4v) is 4.32. The number of nitrogens with zero attached hydrogens (tertiary/aromatic N) is 4. The summed E-state index contributed by atoms with van der Waals surface area (Å²) in [6.45, 7) is 3.93. The minimum absolute atomic E-state index is 0.0716. The van der Waals surface area contributed by atoms with E-state index in [0.717, 1.165) is 24.1 Å². The van der Waals surface area contributed by atoms with Crippen molar-refractivity contribution >= 4 is 11.7 Å². The van der Waals surface area contributed by atoms with Crippen molar-refractivity contribution in [2.45, 2.75) is 32.1 Å². The number of nitriles is 1. The summed E-state index contributed by atoms with van der Waals surface area (Å²) in [5.74, 6) is -0.258. The number of ketones is 1. The quantitative estimate of drug-likeness (QED) is 0.785. The van der Waals surface area contributed by atoms with E-state index < -0.39 is 5.41 Å². The second kappa shape index (κ2) is 5.30. The third-order valence-electron chi connectivity index (χ3n) is 5.59.